The van der Waals surface area contributed by atoms with Crippen molar-refractivity contribution in [1.82, 2.24) is 9.55 Å². The van der Waals surface area contributed by atoms with Crippen molar-refractivity contribution >= 4 is 32.6 Å². The molecule has 11 aromatic rings. The third kappa shape index (κ3) is 6.19. The molecule has 2 nitrogen and oxygen atoms in total. The predicted octanol–water partition coefficient (Wildman–Crippen LogP) is 15.3. The molecule has 0 saturated heterocycles. The molecule has 1 aromatic heterocycles. The lowest BCUT2D eigenvalue weighted by molar-refractivity contribution is 1.10. The molecule has 0 aliphatic carbocycles. The maximum Gasteiger partial charge on any atom is 0.145 e. The van der Waals surface area contributed by atoms with Crippen LogP contribution in [0.1, 0.15) is 0 Å². The average Bonchev–Trinajstić information content (AvgIpc) is 3.71. The SMILES string of the molecule is c1ccc(-c2cccc(-c3c4ccccc4c(-c4cccc(-c5ccccc5)c4)c4cc(-c5ccc(-n6c(-c7ccccc7)nc7ccccc76)cc5)ccc34)c2)cc1. The van der Waals surface area contributed by atoms with Gasteiger partial charge in [0, 0.05) is 11.3 Å². The Bertz CT molecular complexity index is 3290. The maximum absolute atomic E-state index is 5.08. The predicted molar refractivity (Wildman–Crippen MR) is 249 cm³/mol. The second-order valence-electron chi connectivity index (χ2n) is 15.1. The van der Waals surface area contributed by atoms with Crippen LogP contribution in [0.25, 0.3) is 105 Å². The summed E-state index contributed by atoms with van der Waals surface area (Å²) < 4.78 is 2.27. The van der Waals surface area contributed by atoms with Crippen LogP contribution in [0.15, 0.2) is 231 Å². The van der Waals surface area contributed by atoms with E-state index in [1.807, 2.05) is 6.07 Å². The zero-order chi connectivity index (χ0) is 39.1. The summed E-state index contributed by atoms with van der Waals surface area (Å²) in [6.45, 7) is 0. The number of aromatic nitrogens is 2. The van der Waals surface area contributed by atoms with Crippen molar-refractivity contribution in [3.05, 3.63) is 231 Å². The molecule has 0 unspecified atom stereocenters. The molecule has 0 spiro atoms. The molecule has 0 fully saturated rings. The Morgan fingerprint density at radius 3 is 1.31 bits per heavy atom. The molecule has 276 valence electrons. The molecule has 0 amide bonds. The average molecular weight is 751 g/mol. The third-order valence-corrected chi connectivity index (χ3v) is 11.6. The molecule has 11 rings (SSSR count). The van der Waals surface area contributed by atoms with E-state index in [9.17, 15) is 0 Å². The Balaban J connectivity index is 1.12. The van der Waals surface area contributed by atoms with Crippen LogP contribution in [0.4, 0.5) is 0 Å². The fraction of sp³-hybridized carbons (Fsp3) is 0. The van der Waals surface area contributed by atoms with Crippen LogP contribution in [0, 0.1) is 0 Å². The van der Waals surface area contributed by atoms with Gasteiger partial charge in [0.2, 0.25) is 0 Å². The van der Waals surface area contributed by atoms with Gasteiger partial charge >= 0.3 is 0 Å². The quantitative estimate of drug-likeness (QED) is 0.148. The van der Waals surface area contributed by atoms with Crippen molar-refractivity contribution in [2.75, 3.05) is 0 Å². The molecule has 0 N–H and O–H groups in total. The summed E-state index contributed by atoms with van der Waals surface area (Å²) in [5, 5.41) is 4.93. The first-order valence-electron chi connectivity index (χ1n) is 20.2. The molecule has 1 heterocycles. The highest BCUT2D eigenvalue weighted by Gasteiger charge is 2.19. The number of fused-ring (bicyclic) bond motifs is 3. The standard InChI is InChI=1S/C57H38N2/c1-4-16-39(17-5-1)43-22-14-24-46(36-43)55-49-26-10-11-27-50(49)56(47-25-15-23-44(37-47)40-18-6-2-7-19-40)52-38-45(32-35-51(52)55)41-30-33-48(34-31-41)59-54-29-13-12-28-53(54)58-57(59)42-20-8-3-9-21-42/h1-38H. The summed E-state index contributed by atoms with van der Waals surface area (Å²) in [7, 11) is 0. The summed E-state index contributed by atoms with van der Waals surface area (Å²) >= 11 is 0. The smallest absolute Gasteiger partial charge is 0.145 e. The highest BCUT2D eigenvalue weighted by atomic mass is 15.1. The fourth-order valence-corrected chi connectivity index (χ4v) is 8.82. The van der Waals surface area contributed by atoms with Gasteiger partial charge in [0.25, 0.3) is 0 Å². The van der Waals surface area contributed by atoms with Gasteiger partial charge in [-0.25, -0.2) is 4.98 Å². The molecule has 0 saturated carbocycles. The Morgan fingerprint density at radius 1 is 0.271 bits per heavy atom. The Labute approximate surface area is 344 Å². The number of imidazole rings is 1. The molecule has 0 bridgehead atoms. The molecule has 0 aliphatic rings. The first-order valence-corrected chi connectivity index (χ1v) is 20.2. The van der Waals surface area contributed by atoms with Gasteiger partial charge in [0.1, 0.15) is 5.82 Å². The molecular weight excluding hydrogens is 713 g/mol. The van der Waals surface area contributed by atoms with Gasteiger partial charge in [-0.3, -0.25) is 4.57 Å². The van der Waals surface area contributed by atoms with E-state index in [4.69, 9.17) is 4.98 Å². The maximum atomic E-state index is 5.08. The van der Waals surface area contributed by atoms with E-state index in [0.717, 1.165) is 33.7 Å². The molecule has 0 radical (unpaired) electrons. The minimum Gasteiger partial charge on any atom is -0.292 e. The minimum absolute atomic E-state index is 0.934. The van der Waals surface area contributed by atoms with Crippen molar-refractivity contribution in [1.29, 1.82) is 0 Å². The van der Waals surface area contributed by atoms with E-state index in [2.05, 4.69) is 229 Å². The van der Waals surface area contributed by atoms with Gasteiger partial charge in [0.15, 0.2) is 0 Å². The van der Waals surface area contributed by atoms with Crippen LogP contribution in [0.2, 0.25) is 0 Å². The van der Waals surface area contributed by atoms with Gasteiger partial charge in [-0.05, 0) is 120 Å². The third-order valence-electron chi connectivity index (χ3n) is 11.6. The van der Waals surface area contributed by atoms with E-state index in [0.29, 0.717) is 0 Å². The highest BCUT2D eigenvalue weighted by Crippen LogP contribution is 2.46. The zero-order valence-corrected chi connectivity index (χ0v) is 32.3. The number of hydrogen-bond donors (Lipinski definition) is 0. The van der Waals surface area contributed by atoms with Crippen molar-refractivity contribution in [3.8, 4) is 72.7 Å². The second-order valence-corrected chi connectivity index (χ2v) is 15.1. The Hall–Kier alpha value is -7.81. The van der Waals surface area contributed by atoms with Crippen LogP contribution in [-0.4, -0.2) is 9.55 Å². The van der Waals surface area contributed by atoms with Gasteiger partial charge in [-0.15, -0.1) is 0 Å². The largest absolute Gasteiger partial charge is 0.292 e. The first-order chi connectivity index (χ1) is 29.3. The van der Waals surface area contributed by atoms with E-state index in [1.54, 1.807) is 0 Å². The molecule has 0 aliphatic heterocycles. The summed E-state index contributed by atoms with van der Waals surface area (Å²) in [5.41, 5.74) is 16.3. The number of hydrogen-bond acceptors (Lipinski definition) is 1. The number of para-hydroxylation sites is 2. The van der Waals surface area contributed by atoms with Gasteiger partial charge in [-0.2, -0.15) is 0 Å². The lowest BCUT2D eigenvalue weighted by Crippen LogP contribution is -1.97. The van der Waals surface area contributed by atoms with Crippen molar-refractivity contribution < 1.29 is 0 Å². The van der Waals surface area contributed by atoms with E-state index < -0.39 is 0 Å². The van der Waals surface area contributed by atoms with Gasteiger partial charge in [-0.1, -0.05) is 188 Å². The van der Waals surface area contributed by atoms with Gasteiger partial charge < -0.3 is 0 Å². The van der Waals surface area contributed by atoms with Crippen LogP contribution < -0.4 is 0 Å². The minimum atomic E-state index is 0.934. The van der Waals surface area contributed by atoms with Crippen molar-refractivity contribution in [3.63, 3.8) is 0 Å². The molecule has 0 atom stereocenters. The Kier molecular flexibility index (Phi) is 8.52. The van der Waals surface area contributed by atoms with Crippen LogP contribution in [-0.2, 0) is 0 Å². The number of benzene rings is 10. The molecule has 10 aromatic carbocycles. The number of nitrogens with zero attached hydrogens (tertiary/aromatic N) is 2. The summed E-state index contributed by atoms with van der Waals surface area (Å²) in [6.07, 6.45) is 0. The topological polar surface area (TPSA) is 17.8 Å². The van der Waals surface area contributed by atoms with Crippen LogP contribution >= 0.6 is 0 Å². The Morgan fingerprint density at radius 2 is 0.695 bits per heavy atom. The first kappa shape index (κ1) is 34.4. The summed E-state index contributed by atoms with van der Waals surface area (Å²) in [4.78, 5) is 5.08. The number of rotatable bonds is 7. The lowest BCUT2D eigenvalue weighted by atomic mass is 9.84. The van der Waals surface area contributed by atoms with Crippen molar-refractivity contribution in [2.45, 2.75) is 0 Å². The summed E-state index contributed by atoms with van der Waals surface area (Å²) in [6, 6.07) is 83.2. The highest BCUT2D eigenvalue weighted by molar-refractivity contribution is 6.22. The van der Waals surface area contributed by atoms with Crippen LogP contribution in [0.3, 0.4) is 0 Å². The zero-order valence-electron chi connectivity index (χ0n) is 32.3. The van der Waals surface area contributed by atoms with Crippen molar-refractivity contribution in [2.24, 2.45) is 0 Å². The monoisotopic (exact) mass is 750 g/mol. The molecular formula is C57H38N2. The molecule has 2 heteroatoms. The molecule has 59 heavy (non-hydrogen) atoms. The van der Waals surface area contributed by atoms with Gasteiger partial charge in [0.05, 0.1) is 11.0 Å². The van der Waals surface area contributed by atoms with E-state index in [-0.39, 0.29) is 0 Å². The second kappa shape index (κ2) is 14.6. The van der Waals surface area contributed by atoms with E-state index in [1.165, 1.54) is 71.6 Å². The normalized spacial score (nSPS) is 11.4. The van der Waals surface area contributed by atoms with Crippen LogP contribution in [0.5, 0.6) is 0 Å². The summed E-state index contributed by atoms with van der Waals surface area (Å²) in [5.74, 6) is 0.934. The van der Waals surface area contributed by atoms with E-state index >= 15 is 0 Å². The lowest BCUT2D eigenvalue weighted by Gasteiger charge is -2.20. The fourth-order valence-electron chi connectivity index (χ4n) is 8.82.